The zero-order valence-corrected chi connectivity index (χ0v) is 14.7. The third kappa shape index (κ3) is 3.67. The molecule has 2 aromatic rings. The topological polar surface area (TPSA) is 60.3 Å². The number of fused-ring (bicyclic) bond motifs is 1. The van der Waals surface area contributed by atoms with Crippen molar-refractivity contribution in [1.82, 2.24) is 9.88 Å². The molecule has 5 nitrogen and oxygen atoms in total. The number of amides is 1. The maximum atomic E-state index is 12.1. The number of halogens is 1. The number of hydrogen-bond donors (Lipinski definition) is 1. The van der Waals surface area contributed by atoms with Crippen LogP contribution in [0.15, 0.2) is 24.4 Å². The van der Waals surface area contributed by atoms with E-state index >= 15 is 0 Å². The lowest BCUT2D eigenvalue weighted by molar-refractivity contribution is -0.113. The van der Waals surface area contributed by atoms with E-state index in [1.165, 1.54) is 0 Å². The van der Waals surface area contributed by atoms with Crippen molar-refractivity contribution >= 4 is 34.9 Å². The molecular weight excluding hydrogens is 316 g/mol. The van der Waals surface area contributed by atoms with Gasteiger partial charge in [0.1, 0.15) is 17.4 Å². The van der Waals surface area contributed by atoms with Crippen LogP contribution < -0.4 is 5.32 Å². The van der Waals surface area contributed by atoms with E-state index in [0.29, 0.717) is 16.9 Å². The summed E-state index contributed by atoms with van der Waals surface area (Å²) < 4.78 is 7.13. The van der Waals surface area contributed by atoms with Crippen LogP contribution in [0.2, 0.25) is 5.02 Å². The number of carbonyl (C=O) groups is 2. The quantitative estimate of drug-likeness (QED) is 0.868. The predicted octanol–water partition coefficient (Wildman–Crippen LogP) is 3.77. The second-order valence-corrected chi connectivity index (χ2v) is 7.20. The molecule has 1 aromatic heterocycles. The molecule has 0 radical (unpaired) electrons. The summed E-state index contributed by atoms with van der Waals surface area (Å²) in [5.74, 6) is 0. The van der Waals surface area contributed by atoms with Gasteiger partial charge in [-0.1, -0.05) is 17.7 Å². The molecule has 1 heterocycles. The number of aromatic nitrogens is 1. The van der Waals surface area contributed by atoms with Crippen molar-refractivity contribution in [3.8, 4) is 0 Å². The van der Waals surface area contributed by atoms with Gasteiger partial charge < -0.3 is 19.4 Å². The minimum absolute atomic E-state index is 0.609. The fraction of sp³-hybridized carbons (Fsp3) is 0.412. The van der Waals surface area contributed by atoms with Crippen LogP contribution in [0.25, 0.3) is 10.9 Å². The maximum absolute atomic E-state index is 12.1. The Morgan fingerprint density at radius 3 is 2.52 bits per heavy atom. The van der Waals surface area contributed by atoms with Crippen LogP contribution in [-0.2, 0) is 22.1 Å². The van der Waals surface area contributed by atoms with Gasteiger partial charge in [0.2, 0.25) is 0 Å². The van der Waals surface area contributed by atoms with E-state index < -0.39 is 17.2 Å². The van der Waals surface area contributed by atoms with Gasteiger partial charge in [-0.05, 0) is 39.8 Å². The maximum Gasteiger partial charge on any atom is 0.408 e. The third-order valence-corrected chi connectivity index (χ3v) is 3.74. The van der Waals surface area contributed by atoms with Crippen molar-refractivity contribution in [3.63, 3.8) is 0 Å². The Morgan fingerprint density at radius 1 is 1.30 bits per heavy atom. The molecule has 1 N–H and O–H groups in total. The van der Waals surface area contributed by atoms with Gasteiger partial charge in [0.25, 0.3) is 0 Å². The van der Waals surface area contributed by atoms with Crippen molar-refractivity contribution in [3.05, 3.63) is 35.0 Å². The molecule has 6 heteroatoms. The summed E-state index contributed by atoms with van der Waals surface area (Å²) in [5, 5.41) is 4.12. The lowest BCUT2D eigenvalue weighted by Gasteiger charge is -2.27. The minimum atomic E-state index is -1.20. The first-order chi connectivity index (χ1) is 10.6. The Morgan fingerprint density at radius 2 is 1.96 bits per heavy atom. The zero-order valence-electron chi connectivity index (χ0n) is 13.9. The normalized spacial score (nSPS) is 14.3. The van der Waals surface area contributed by atoms with Crippen LogP contribution in [0.4, 0.5) is 4.79 Å². The largest absolute Gasteiger partial charge is 0.444 e. The fourth-order valence-corrected chi connectivity index (χ4v) is 2.61. The summed E-state index contributed by atoms with van der Waals surface area (Å²) in [6.45, 7) is 6.95. The number of hydrogen-bond acceptors (Lipinski definition) is 3. The molecule has 2 rings (SSSR count). The van der Waals surface area contributed by atoms with Gasteiger partial charge in [0.15, 0.2) is 0 Å². The van der Waals surface area contributed by atoms with E-state index in [1.807, 2.05) is 29.9 Å². The first kappa shape index (κ1) is 17.3. The van der Waals surface area contributed by atoms with Crippen LogP contribution in [0.3, 0.4) is 0 Å². The summed E-state index contributed by atoms with van der Waals surface area (Å²) >= 11 is 6.03. The summed E-state index contributed by atoms with van der Waals surface area (Å²) in [4.78, 5) is 23.8. The monoisotopic (exact) mass is 336 g/mol. The van der Waals surface area contributed by atoms with Gasteiger partial charge in [-0.3, -0.25) is 0 Å². The van der Waals surface area contributed by atoms with Crippen molar-refractivity contribution in [2.75, 3.05) is 0 Å². The number of ether oxygens (including phenoxy) is 1. The van der Waals surface area contributed by atoms with Crippen molar-refractivity contribution in [2.45, 2.75) is 38.8 Å². The fourth-order valence-electron chi connectivity index (χ4n) is 2.45. The second kappa shape index (κ2) is 5.89. The van der Waals surface area contributed by atoms with Gasteiger partial charge in [-0.2, -0.15) is 0 Å². The van der Waals surface area contributed by atoms with Gasteiger partial charge in [-0.15, -0.1) is 0 Å². The zero-order chi connectivity index (χ0) is 17.4. The number of alkyl carbamates (subject to hydrolysis) is 1. The predicted molar refractivity (Wildman–Crippen MR) is 90.7 cm³/mol. The highest BCUT2D eigenvalue weighted by atomic mass is 35.5. The van der Waals surface area contributed by atoms with E-state index in [1.54, 1.807) is 33.8 Å². The van der Waals surface area contributed by atoms with Gasteiger partial charge in [0.05, 0.1) is 0 Å². The standard InChI is InChI=1S/C17H21ClN2O3/c1-16(2,3)23-15(22)19-17(4,10-21)13-9-20(5)14-8-11(18)6-7-12(13)14/h6-10H,1-5H3,(H,19,22). The molecule has 0 fully saturated rings. The van der Waals surface area contributed by atoms with Crippen LogP contribution in [0, 0.1) is 0 Å². The summed E-state index contributed by atoms with van der Waals surface area (Å²) in [7, 11) is 1.86. The molecule has 0 aliphatic carbocycles. The highest BCUT2D eigenvalue weighted by molar-refractivity contribution is 6.31. The molecule has 1 aromatic carbocycles. The first-order valence-electron chi connectivity index (χ1n) is 7.28. The number of nitrogens with one attached hydrogen (secondary N) is 1. The Bertz CT molecular complexity index is 761. The Labute approximate surface area is 140 Å². The van der Waals surface area contributed by atoms with E-state index in [9.17, 15) is 9.59 Å². The van der Waals surface area contributed by atoms with Crippen LogP contribution in [-0.4, -0.2) is 22.5 Å². The van der Waals surface area contributed by atoms with Crippen LogP contribution in [0.1, 0.15) is 33.3 Å². The number of carbonyl (C=O) groups excluding carboxylic acids is 2. The average Bonchev–Trinajstić information content (AvgIpc) is 2.74. The molecule has 23 heavy (non-hydrogen) atoms. The number of aryl methyl sites for hydroxylation is 1. The van der Waals surface area contributed by atoms with Gasteiger partial charge in [0, 0.05) is 34.7 Å². The highest BCUT2D eigenvalue weighted by Gasteiger charge is 2.33. The SMILES string of the molecule is Cn1cc(C(C)(C=O)NC(=O)OC(C)(C)C)c2ccc(Cl)cc21. The third-order valence-electron chi connectivity index (χ3n) is 3.51. The van der Waals surface area contributed by atoms with E-state index in [2.05, 4.69) is 5.32 Å². The van der Waals surface area contributed by atoms with Crippen molar-refractivity contribution < 1.29 is 14.3 Å². The lowest BCUT2D eigenvalue weighted by atomic mass is 9.93. The van der Waals surface area contributed by atoms with Crippen LogP contribution in [0.5, 0.6) is 0 Å². The highest BCUT2D eigenvalue weighted by Crippen LogP contribution is 2.31. The molecule has 0 saturated heterocycles. The van der Waals surface area contributed by atoms with Crippen molar-refractivity contribution in [2.24, 2.45) is 7.05 Å². The molecule has 0 aliphatic rings. The molecule has 1 amide bonds. The number of rotatable bonds is 3. The molecule has 0 bridgehead atoms. The average molecular weight is 337 g/mol. The smallest absolute Gasteiger partial charge is 0.408 e. The lowest BCUT2D eigenvalue weighted by Crippen LogP contribution is -2.46. The van der Waals surface area contributed by atoms with Gasteiger partial charge in [-0.25, -0.2) is 4.79 Å². The molecular formula is C17H21ClN2O3. The summed E-state index contributed by atoms with van der Waals surface area (Å²) in [5.41, 5.74) is -0.269. The van der Waals surface area contributed by atoms with Gasteiger partial charge >= 0.3 is 6.09 Å². The summed E-state index contributed by atoms with van der Waals surface area (Å²) in [6.07, 6.45) is 1.88. The number of aldehydes is 1. The van der Waals surface area contributed by atoms with E-state index in [0.717, 1.165) is 10.9 Å². The summed E-state index contributed by atoms with van der Waals surface area (Å²) in [6, 6.07) is 5.41. The molecule has 124 valence electrons. The van der Waals surface area contributed by atoms with E-state index in [4.69, 9.17) is 16.3 Å². The first-order valence-corrected chi connectivity index (χ1v) is 7.66. The molecule has 0 aliphatic heterocycles. The molecule has 0 spiro atoms. The van der Waals surface area contributed by atoms with E-state index in [-0.39, 0.29) is 0 Å². The Balaban J connectivity index is 2.44. The second-order valence-electron chi connectivity index (χ2n) is 6.76. The van der Waals surface area contributed by atoms with Crippen molar-refractivity contribution in [1.29, 1.82) is 0 Å². The Kier molecular flexibility index (Phi) is 4.44. The molecule has 0 saturated carbocycles. The Hall–Kier alpha value is -2.01. The number of benzene rings is 1. The number of nitrogens with zero attached hydrogens (tertiary/aromatic N) is 1. The molecule has 1 atom stereocenters. The minimum Gasteiger partial charge on any atom is -0.444 e. The molecule has 1 unspecified atom stereocenters. The van der Waals surface area contributed by atoms with Crippen LogP contribution >= 0.6 is 11.6 Å².